The van der Waals surface area contributed by atoms with Gasteiger partial charge in [-0.15, -0.1) is 0 Å². The van der Waals surface area contributed by atoms with Crippen molar-refractivity contribution >= 4 is 29.2 Å². The number of thioether (sulfide) groups is 1. The van der Waals surface area contributed by atoms with E-state index in [4.69, 9.17) is 27.3 Å². The maximum absolute atomic E-state index is 8.66. The zero-order valence-corrected chi connectivity index (χ0v) is 11.1. The summed E-state index contributed by atoms with van der Waals surface area (Å²) in [4.78, 5) is 0. The van der Waals surface area contributed by atoms with Crippen LogP contribution in [-0.2, 0) is 0 Å². The van der Waals surface area contributed by atoms with Gasteiger partial charge in [-0.25, -0.2) is 0 Å². The van der Waals surface area contributed by atoms with Crippen molar-refractivity contribution in [1.82, 2.24) is 0 Å². The van der Waals surface area contributed by atoms with Crippen LogP contribution >= 0.6 is 23.4 Å². The Morgan fingerprint density at radius 1 is 1.59 bits per heavy atom. The first-order valence-electron chi connectivity index (χ1n) is 5.17. The molecule has 0 atom stereocenters. The predicted molar refractivity (Wildman–Crippen MR) is 72.5 cm³/mol. The molecule has 1 rings (SSSR count). The number of nitrogens with two attached hydrogens (primary N) is 1. The van der Waals surface area contributed by atoms with Crippen LogP contribution in [0, 0.1) is 0 Å². The van der Waals surface area contributed by atoms with Crippen molar-refractivity contribution in [3.05, 3.63) is 28.8 Å². The van der Waals surface area contributed by atoms with Crippen molar-refractivity contribution < 1.29 is 9.94 Å². The van der Waals surface area contributed by atoms with Gasteiger partial charge in [-0.2, -0.15) is 11.8 Å². The minimum absolute atomic E-state index is 0.0137. The third-order valence-corrected chi connectivity index (χ3v) is 3.12. The molecule has 4 nitrogen and oxygen atoms in total. The summed E-state index contributed by atoms with van der Waals surface area (Å²) in [5.41, 5.74) is 6.09. The Hall–Kier alpha value is -1.07. The zero-order valence-electron chi connectivity index (χ0n) is 9.52. The second-order valence-electron chi connectivity index (χ2n) is 3.17. The third-order valence-electron chi connectivity index (χ3n) is 2.02. The summed E-state index contributed by atoms with van der Waals surface area (Å²) in [5.74, 6) is 2.48. The van der Waals surface area contributed by atoms with Crippen molar-refractivity contribution in [1.29, 1.82) is 0 Å². The Morgan fingerprint density at radius 2 is 2.35 bits per heavy atom. The first-order chi connectivity index (χ1) is 8.19. The number of halogens is 1. The van der Waals surface area contributed by atoms with E-state index in [2.05, 4.69) is 12.1 Å². The summed E-state index contributed by atoms with van der Waals surface area (Å²) in [5, 5.41) is 12.2. The molecule has 1 aromatic rings. The van der Waals surface area contributed by atoms with E-state index in [1.54, 1.807) is 30.0 Å². The largest absolute Gasteiger partial charge is 0.492 e. The van der Waals surface area contributed by atoms with Crippen molar-refractivity contribution in [2.45, 2.75) is 6.92 Å². The zero-order chi connectivity index (χ0) is 12.7. The fourth-order valence-corrected chi connectivity index (χ4v) is 1.89. The molecule has 0 aliphatic rings. The molecule has 0 radical (unpaired) electrons. The number of benzene rings is 1. The average Bonchev–Trinajstić information content (AvgIpc) is 2.34. The number of ether oxygens (including phenoxy) is 1. The van der Waals surface area contributed by atoms with Gasteiger partial charge in [-0.05, 0) is 24.0 Å². The standard InChI is InChI=1S/C11H15ClN2O2S/c1-2-17-6-5-16-10-7-8(12)3-4-9(10)11(13)14-15/h3-4,7,15H,2,5-6H2,1H3,(H2,13,14). The van der Waals surface area contributed by atoms with E-state index >= 15 is 0 Å². The van der Waals surface area contributed by atoms with Crippen LogP contribution in [0.2, 0.25) is 5.02 Å². The van der Waals surface area contributed by atoms with E-state index in [-0.39, 0.29) is 5.84 Å². The summed E-state index contributed by atoms with van der Waals surface area (Å²) in [6.45, 7) is 2.65. The molecule has 0 saturated heterocycles. The lowest BCUT2D eigenvalue weighted by molar-refractivity contribution is 0.317. The van der Waals surface area contributed by atoms with E-state index in [1.807, 2.05) is 0 Å². The fourth-order valence-electron chi connectivity index (χ4n) is 1.24. The number of amidine groups is 1. The van der Waals surface area contributed by atoms with Crippen molar-refractivity contribution in [2.24, 2.45) is 10.9 Å². The molecule has 0 aliphatic heterocycles. The molecule has 0 aliphatic carbocycles. The Bertz CT molecular complexity index is 399. The maximum atomic E-state index is 8.66. The number of oxime groups is 1. The normalized spacial score (nSPS) is 11.5. The monoisotopic (exact) mass is 274 g/mol. The van der Waals surface area contributed by atoms with E-state index in [0.717, 1.165) is 11.5 Å². The van der Waals surface area contributed by atoms with Crippen LogP contribution in [0.4, 0.5) is 0 Å². The van der Waals surface area contributed by atoms with Crippen LogP contribution in [0.1, 0.15) is 12.5 Å². The van der Waals surface area contributed by atoms with Crippen LogP contribution in [0.5, 0.6) is 5.75 Å². The molecule has 0 spiro atoms. The van der Waals surface area contributed by atoms with Crippen molar-refractivity contribution in [3.63, 3.8) is 0 Å². The summed E-state index contributed by atoms with van der Waals surface area (Å²) < 4.78 is 5.57. The van der Waals surface area contributed by atoms with Crippen LogP contribution < -0.4 is 10.5 Å². The van der Waals surface area contributed by atoms with Gasteiger partial charge >= 0.3 is 0 Å². The van der Waals surface area contributed by atoms with Gasteiger partial charge in [0.15, 0.2) is 5.84 Å². The molecule has 1 aromatic carbocycles. The van der Waals surface area contributed by atoms with Crippen LogP contribution in [-0.4, -0.2) is 29.2 Å². The van der Waals surface area contributed by atoms with Crippen LogP contribution in [0.3, 0.4) is 0 Å². The maximum Gasteiger partial charge on any atom is 0.173 e. The highest BCUT2D eigenvalue weighted by Crippen LogP contribution is 2.23. The number of nitrogens with zero attached hydrogens (tertiary/aromatic N) is 1. The molecule has 17 heavy (non-hydrogen) atoms. The predicted octanol–water partition coefficient (Wildman–Crippen LogP) is 2.57. The van der Waals surface area contributed by atoms with E-state index < -0.39 is 0 Å². The molecule has 94 valence electrons. The first kappa shape index (κ1) is 14.0. The molecular weight excluding hydrogens is 260 g/mol. The quantitative estimate of drug-likeness (QED) is 0.275. The van der Waals surface area contributed by atoms with Gasteiger partial charge in [0, 0.05) is 10.8 Å². The SMILES string of the molecule is CCSCCOc1cc(Cl)ccc1/C(N)=N/O. The lowest BCUT2D eigenvalue weighted by Gasteiger charge is -2.10. The Labute approximate surface area is 110 Å². The Balaban J connectivity index is 2.77. The summed E-state index contributed by atoms with van der Waals surface area (Å²) in [6.07, 6.45) is 0. The van der Waals surface area contributed by atoms with Gasteiger partial charge in [0.05, 0.1) is 12.2 Å². The highest BCUT2D eigenvalue weighted by Gasteiger charge is 2.09. The lowest BCUT2D eigenvalue weighted by atomic mass is 10.2. The molecule has 0 heterocycles. The first-order valence-corrected chi connectivity index (χ1v) is 6.70. The smallest absolute Gasteiger partial charge is 0.173 e. The Kier molecular flexibility index (Phi) is 6.00. The van der Waals surface area contributed by atoms with E-state index in [0.29, 0.717) is 22.9 Å². The highest BCUT2D eigenvalue weighted by molar-refractivity contribution is 7.99. The summed E-state index contributed by atoms with van der Waals surface area (Å²) in [6, 6.07) is 4.99. The summed E-state index contributed by atoms with van der Waals surface area (Å²) >= 11 is 7.66. The second kappa shape index (κ2) is 7.29. The lowest BCUT2D eigenvalue weighted by Crippen LogP contribution is -2.15. The minimum atomic E-state index is 0.0137. The van der Waals surface area contributed by atoms with Crippen LogP contribution in [0.25, 0.3) is 0 Å². The molecule has 0 bridgehead atoms. The van der Waals surface area contributed by atoms with Crippen molar-refractivity contribution in [3.8, 4) is 5.75 Å². The number of hydrogen-bond acceptors (Lipinski definition) is 4. The van der Waals surface area contributed by atoms with Gasteiger partial charge in [-0.1, -0.05) is 23.7 Å². The van der Waals surface area contributed by atoms with Gasteiger partial charge in [0.2, 0.25) is 0 Å². The molecule has 0 fully saturated rings. The van der Waals surface area contributed by atoms with Gasteiger partial charge in [0.1, 0.15) is 5.75 Å². The minimum Gasteiger partial charge on any atom is -0.492 e. The molecule has 0 amide bonds. The van der Waals surface area contributed by atoms with E-state index in [1.165, 1.54) is 0 Å². The number of hydrogen-bond donors (Lipinski definition) is 2. The second-order valence-corrected chi connectivity index (χ2v) is 5.00. The van der Waals surface area contributed by atoms with Gasteiger partial charge in [0.25, 0.3) is 0 Å². The molecule has 0 aromatic heterocycles. The van der Waals surface area contributed by atoms with Gasteiger partial charge < -0.3 is 15.7 Å². The van der Waals surface area contributed by atoms with E-state index in [9.17, 15) is 0 Å². The van der Waals surface area contributed by atoms with Crippen LogP contribution in [0.15, 0.2) is 23.4 Å². The topological polar surface area (TPSA) is 67.8 Å². The molecule has 6 heteroatoms. The summed E-state index contributed by atoms with van der Waals surface area (Å²) in [7, 11) is 0. The fraction of sp³-hybridized carbons (Fsp3) is 0.364. The molecule has 0 unspecified atom stereocenters. The molecule has 0 saturated carbocycles. The Morgan fingerprint density at radius 3 is 3.00 bits per heavy atom. The molecule has 3 N–H and O–H groups in total. The third kappa shape index (κ3) is 4.36. The average molecular weight is 275 g/mol. The highest BCUT2D eigenvalue weighted by atomic mass is 35.5. The number of rotatable bonds is 6. The van der Waals surface area contributed by atoms with Crippen molar-refractivity contribution in [2.75, 3.05) is 18.1 Å². The van der Waals surface area contributed by atoms with Gasteiger partial charge in [-0.3, -0.25) is 0 Å². The molecular formula is C11H15ClN2O2S.